The molecule has 16 heavy (non-hydrogen) atoms. The second kappa shape index (κ2) is 4.25. The van der Waals surface area contributed by atoms with Gasteiger partial charge in [0.05, 0.1) is 11.9 Å². The van der Waals surface area contributed by atoms with Gasteiger partial charge in [-0.25, -0.2) is 9.97 Å². The molecule has 0 saturated carbocycles. The van der Waals surface area contributed by atoms with Crippen molar-refractivity contribution < 1.29 is 0 Å². The Balaban J connectivity index is 2.20. The van der Waals surface area contributed by atoms with Crippen LogP contribution in [0.5, 0.6) is 0 Å². The predicted octanol–water partition coefficient (Wildman–Crippen LogP) is 0.588. The third-order valence-electron chi connectivity index (χ3n) is 3.38. The first-order valence-electron chi connectivity index (χ1n) is 5.62. The number of anilines is 2. The van der Waals surface area contributed by atoms with E-state index >= 15 is 0 Å². The van der Waals surface area contributed by atoms with Gasteiger partial charge >= 0.3 is 0 Å². The minimum atomic E-state index is 0.512. The van der Waals surface area contributed by atoms with Crippen LogP contribution in [-0.4, -0.2) is 47.1 Å². The van der Waals surface area contributed by atoms with Crippen molar-refractivity contribution in [2.24, 2.45) is 0 Å². The summed E-state index contributed by atoms with van der Waals surface area (Å²) >= 11 is 0. The number of rotatable bonds is 1. The number of piperazine rings is 1. The van der Waals surface area contributed by atoms with Crippen LogP contribution in [0.1, 0.15) is 13.8 Å². The van der Waals surface area contributed by atoms with Crippen LogP contribution in [0.2, 0.25) is 0 Å². The highest BCUT2D eigenvalue weighted by Crippen LogP contribution is 2.23. The smallest absolute Gasteiger partial charge is 0.155 e. The number of nitrogen functional groups attached to an aromatic ring is 1. The summed E-state index contributed by atoms with van der Waals surface area (Å²) in [6.07, 6.45) is 3.22. The topological polar surface area (TPSA) is 58.3 Å². The Bertz CT molecular complexity index is 355. The van der Waals surface area contributed by atoms with Crippen LogP contribution >= 0.6 is 0 Å². The van der Waals surface area contributed by atoms with E-state index in [4.69, 9.17) is 5.73 Å². The van der Waals surface area contributed by atoms with Gasteiger partial charge in [-0.2, -0.15) is 0 Å². The zero-order valence-corrected chi connectivity index (χ0v) is 10.1. The monoisotopic (exact) mass is 221 g/mol. The number of aromatic nitrogens is 2. The van der Waals surface area contributed by atoms with Crippen molar-refractivity contribution >= 4 is 11.5 Å². The van der Waals surface area contributed by atoms with E-state index in [9.17, 15) is 0 Å². The van der Waals surface area contributed by atoms with E-state index in [1.165, 1.54) is 0 Å². The molecular weight excluding hydrogens is 202 g/mol. The minimum Gasteiger partial charge on any atom is -0.394 e. The second-order valence-electron chi connectivity index (χ2n) is 4.57. The molecule has 1 aliphatic heterocycles. The van der Waals surface area contributed by atoms with E-state index in [0.29, 0.717) is 17.8 Å². The molecule has 0 bridgehead atoms. The lowest BCUT2D eigenvalue weighted by molar-refractivity contribution is 0.169. The summed E-state index contributed by atoms with van der Waals surface area (Å²) in [6.45, 7) is 6.37. The Morgan fingerprint density at radius 2 is 1.94 bits per heavy atom. The van der Waals surface area contributed by atoms with Gasteiger partial charge in [0.2, 0.25) is 0 Å². The Hall–Kier alpha value is -1.36. The fourth-order valence-corrected chi connectivity index (χ4v) is 2.18. The van der Waals surface area contributed by atoms with Crippen LogP contribution in [0.4, 0.5) is 11.5 Å². The standard InChI is InChI=1S/C11H19N5/c1-8-5-16(6-9(2)15(8)3)11-10(12)4-13-7-14-11/h4,7-9H,5-6,12H2,1-3H3. The van der Waals surface area contributed by atoms with Crippen molar-refractivity contribution in [2.75, 3.05) is 30.8 Å². The van der Waals surface area contributed by atoms with Gasteiger partial charge in [0.1, 0.15) is 6.33 Å². The van der Waals surface area contributed by atoms with Gasteiger partial charge in [0.15, 0.2) is 5.82 Å². The highest BCUT2D eigenvalue weighted by molar-refractivity contribution is 5.61. The summed E-state index contributed by atoms with van der Waals surface area (Å²) in [7, 11) is 2.16. The maximum absolute atomic E-state index is 5.90. The van der Waals surface area contributed by atoms with Gasteiger partial charge in [-0.05, 0) is 20.9 Å². The molecule has 0 aliphatic carbocycles. The third-order valence-corrected chi connectivity index (χ3v) is 3.38. The van der Waals surface area contributed by atoms with Gasteiger partial charge in [0.25, 0.3) is 0 Å². The first-order valence-corrected chi connectivity index (χ1v) is 5.62. The molecule has 2 rings (SSSR count). The molecule has 88 valence electrons. The Labute approximate surface area is 96.3 Å². The lowest BCUT2D eigenvalue weighted by Gasteiger charge is -2.43. The molecule has 5 heteroatoms. The average Bonchev–Trinajstić information content (AvgIpc) is 2.26. The van der Waals surface area contributed by atoms with E-state index in [0.717, 1.165) is 18.9 Å². The number of hydrogen-bond acceptors (Lipinski definition) is 5. The fourth-order valence-electron chi connectivity index (χ4n) is 2.18. The highest BCUT2D eigenvalue weighted by atomic mass is 15.3. The quantitative estimate of drug-likeness (QED) is 0.752. The minimum absolute atomic E-state index is 0.512. The molecule has 2 heterocycles. The van der Waals surface area contributed by atoms with Gasteiger partial charge in [-0.1, -0.05) is 0 Å². The van der Waals surface area contributed by atoms with E-state index in [1.807, 2.05) is 0 Å². The van der Waals surface area contributed by atoms with Crippen LogP contribution in [0.15, 0.2) is 12.5 Å². The highest BCUT2D eigenvalue weighted by Gasteiger charge is 2.27. The van der Waals surface area contributed by atoms with Crippen molar-refractivity contribution in [2.45, 2.75) is 25.9 Å². The molecule has 0 aromatic carbocycles. The molecule has 0 radical (unpaired) electrons. The van der Waals surface area contributed by atoms with Crippen molar-refractivity contribution in [3.05, 3.63) is 12.5 Å². The predicted molar refractivity (Wildman–Crippen MR) is 65.3 cm³/mol. The van der Waals surface area contributed by atoms with E-state index in [1.54, 1.807) is 12.5 Å². The maximum atomic E-state index is 5.90. The number of nitrogens with two attached hydrogens (primary N) is 1. The summed E-state index contributed by atoms with van der Waals surface area (Å²) < 4.78 is 0. The van der Waals surface area contributed by atoms with E-state index in [-0.39, 0.29) is 0 Å². The summed E-state index contributed by atoms with van der Waals surface area (Å²) in [5.41, 5.74) is 6.56. The zero-order valence-electron chi connectivity index (χ0n) is 10.1. The Morgan fingerprint density at radius 1 is 1.31 bits per heavy atom. The lowest BCUT2D eigenvalue weighted by Crippen LogP contribution is -2.55. The summed E-state index contributed by atoms with van der Waals surface area (Å²) in [5, 5.41) is 0. The van der Waals surface area contributed by atoms with Gasteiger partial charge < -0.3 is 10.6 Å². The number of hydrogen-bond donors (Lipinski definition) is 1. The Kier molecular flexibility index (Phi) is 2.96. The molecule has 2 unspecified atom stereocenters. The molecule has 1 aromatic heterocycles. The first-order chi connectivity index (χ1) is 7.59. The fraction of sp³-hybridized carbons (Fsp3) is 0.636. The van der Waals surface area contributed by atoms with E-state index < -0.39 is 0 Å². The van der Waals surface area contributed by atoms with Crippen molar-refractivity contribution in [3.63, 3.8) is 0 Å². The molecule has 5 nitrogen and oxygen atoms in total. The number of likely N-dealkylation sites (N-methyl/N-ethyl adjacent to an activating group) is 1. The normalized spacial score (nSPS) is 27.1. The van der Waals surface area contributed by atoms with Crippen LogP contribution in [0.3, 0.4) is 0 Å². The summed E-state index contributed by atoms with van der Waals surface area (Å²) in [4.78, 5) is 12.8. The Morgan fingerprint density at radius 3 is 2.50 bits per heavy atom. The largest absolute Gasteiger partial charge is 0.394 e. The van der Waals surface area contributed by atoms with Crippen molar-refractivity contribution in [3.8, 4) is 0 Å². The van der Waals surface area contributed by atoms with Crippen molar-refractivity contribution in [1.29, 1.82) is 0 Å². The molecule has 1 aliphatic rings. The van der Waals surface area contributed by atoms with Gasteiger partial charge in [-0.15, -0.1) is 0 Å². The van der Waals surface area contributed by atoms with Crippen LogP contribution in [0.25, 0.3) is 0 Å². The molecule has 2 N–H and O–H groups in total. The number of nitrogens with zero attached hydrogens (tertiary/aromatic N) is 4. The molecule has 1 saturated heterocycles. The van der Waals surface area contributed by atoms with Crippen LogP contribution in [0, 0.1) is 0 Å². The summed E-state index contributed by atoms with van der Waals surface area (Å²) in [5.74, 6) is 0.863. The molecule has 1 fully saturated rings. The summed E-state index contributed by atoms with van der Waals surface area (Å²) in [6, 6.07) is 1.02. The molecule has 0 spiro atoms. The SMILES string of the molecule is CC1CN(c2ncncc2N)CC(C)N1C. The lowest BCUT2D eigenvalue weighted by atomic mass is 10.1. The van der Waals surface area contributed by atoms with Gasteiger partial charge in [0, 0.05) is 25.2 Å². The van der Waals surface area contributed by atoms with Crippen molar-refractivity contribution in [1.82, 2.24) is 14.9 Å². The molecule has 0 amide bonds. The third kappa shape index (κ3) is 1.95. The zero-order chi connectivity index (χ0) is 11.7. The maximum Gasteiger partial charge on any atom is 0.155 e. The van der Waals surface area contributed by atoms with Crippen LogP contribution in [-0.2, 0) is 0 Å². The first kappa shape index (κ1) is 11.1. The molecular formula is C11H19N5. The van der Waals surface area contributed by atoms with Crippen LogP contribution < -0.4 is 10.6 Å². The molecule has 1 aromatic rings. The van der Waals surface area contributed by atoms with Gasteiger partial charge in [-0.3, -0.25) is 4.90 Å². The average molecular weight is 221 g/mol. The molecule has 2 atom stereocenters. The second-order valence-corrected chi connectivity index (χ2v) is 4.57. The van der Waals surface area contributed by atoms with E-state index in [2.05, 4.69) is 40.7 Å².